The third-order valence-electron chi connectivity index (χ3n) is 3.75. The number of hydrogen-bond donors (Lipinski definition) is 1. The molecule has 4 heteroatoms. The van der Waals surface area contributed by atoms with E-state index >= 15 is 0 Å². The molecular weight excluding hydrogens is 308 g/mol. The second-order valence-electron chi connectivity index (χ2n) is 6.13. The average molecular weight is 331 g/mol. The Morgan fingerprint density at radius 2 is 1.74 bits per heavy atom. The van der Waals surface area contributed by atoms with Gasteiger partial charge in [-0.05, 0) is 56.6 Å². The van der Waals surface area contributed by atoms with Gasteiger partial charge in [0, 0.05) is 6.54 Å². The van der Waals surface area contributed by atoms with Crippen LogP contribution >= 0.6 is 11.6 Å². The summed E-state index contributed by atoms with van der Waals surface area (Å²) < 4.78 is 0. The van der Waals surface area contributed by atoms with Crippen LogP contribution < -0.4 is 5.32 Å². The van der Waals surface area contributed by atoms with Crippen molar-refractivity contribution < 1.29 is 4.79 Å². The lowest BCUT2D eigenvalue weighted by atomic mass is 10.1. The van der Waals surface area contributed by atoms with Crippen LogP contribution in [0, 0.1) is 20.8 Å². The quantitative estimate of drug-likeness (QED) is 0.884. The van der Waals surface area contributed by atoms with Crippen molar-refractivity contribution in [3.8, 4) is 0 Å². The molecule has 0 atom stereocenters. The van der Waals surface area contributed by atoms with E-state index in [1.807, 2.05) is 37.1 Å². The van der Waals surface area contributed by atoms with Gasteiger partial charge in [0.1, 0.15) is 0 Å². The monoisotopic (exact) mass is 330 g/mol. The Hall–Kier alpha value is -1.84. The van der Waals surface area contributed by atoms with Crippen LogP contribution in [0.5, 0.6) is 0 Å². The molecule has 0 aliphatic rings. The van der Waals surface area contributed by atoms with E-state index in [0.29, 0.717) is 17.3 Å². The Balaban J connectivity index is 1.94. The topological polar surface area (TPSA) is 32.3 Å². The zero-order chi connectivity index (χ0) is 17.0. The molecule has 0 aliphatic heterocycles. The number of anilines is 1. The predicted molar refractivity (Wildman–Crippen MR) is 97.1 cm³/mol. The number of aryl methyl sites for hydroxylation is 3. The third-order valence-corrected chi connectivity index (χ3v) is 4.06. The van der Waals surface area contributed by atoms with E-state index in [1.165, 1.54) is 16.7 Å². The molecule has 0 spiro atoms. The molecule has 0 saturated heterocycles. The van der Waals surface area contributed by atoms with Gasteiger partial charge in [0.05, 0.1) is 17.3 Å². The maximum absolute atomic E-state index is 12.2. The smallest absolute Gasteiger partial charge is 0.238 e. The van der Waals surface area contributed by atoms with Gasteiger partial charge in [-0.1, -0.05) is 41.4 Å². The summed E-state index contributed by atoms with van der Waals surface area (Å²) in [6, 6.07) is 12.0. The van der Waals surface area contributed by atoms with Gasteiger partial charge >= 0.3 is 0 Å². The SMILES string of the molecule is Cc1ccc(CN(C)CC(=O)Nc2ccc(C)cc2Cl)c(C)c1. The van der Waals surface area contributed by atoms with Crippen molar-refractivity contribution in [3.63, 3.8) is 0 Å². The fourth-order valence-corrected chi connectivity index (χ4v) is 2.81. The van der Waals surface area contributed by atoms with Gasteiger partial charge < -0.3 is 5.32 Å². The van der Waals surface area contributed by atoms with Crippen LogP contribution in [0.1, 0.15) is 22.3 Å². The highest BCUT2D eigenvalue weighted by Gasteiger charge is 2.10. The second-order valence-corrected chi connectivity index (χ2v) is 6.54. The summed E-state index contributed by atoms with van der Waals surface area (Å²) in [6.07, 6.45) is 0. The lowest BCUT2D eigenvalue weighted by Crippen LogP contribution is -2.30. The Bertz CT molecular complexity index is 713. The Morgan fingerprint density at radius 3 is 2.39 bits per heavy atom. The van der Waals surface area contributed by atoms with E-state index in [-0.39, 0.29) is 5.91 Å². The van der Waals surface area contributed by atoms with E-state index in [9.17, 15) is 4.79 Å². The molecule has 0 saturated carbocycles. The van der Waals surface area contributed by atoms with Gasteiger partial charge in [-0.3, -0.25) is 9.69 Å². The van der Waals surface area contributed by atoms with Gasteiger partial charge in [-0.15, -0.1) is 0 Å². The molecule has 2 aromatic rings. The lowest BCUT2D eigenvalue weighted by molar-refractivity contribution is -0.117. The number of carbonyl (C=O) groups excluding carboxylic acids is 1. The maximum Gasteiger partial charge on any atom is 0.238 e. The minimum atomic E-state index is -0.0667. The number of nitrogens with zero attached hydrogens (tertiary/aromatic N) is 1. The number of rotatable bonds is 5. The number of likely N-dealkylation sites (N-methyl/N-ethyl adjacent to an activating group) is 1. The number of benzene rings is 2. The Kier molecular flexibility index (Phi) is 5.80. The van der Waals surface area contributed by atoms with Crippen LogP contribution in [0.25, 0.3) is 0 Å². The first-order valence-electron chi connectivity index (χ1n) is 7.66. The van der Waals surface area contributed by atoms with E-state index < -0.39 is 0 Å². The number of carbonyl (C=O) groups is 1. The summed E-state index contributed by atoms with van der Waals surface area (Å²) >= 11 is 6.15. The van der Waals surface area contributed by atoms with E-state index in [1.54, 1.807) is 0 Å². The zero-order valence-corrected chi connectivity index (χ0v) is 14.9. The van der Waals surface area contributed by atoms with Crippen LogP contribution in [0.4, 0.5) is 5.69 Å². The molecule has 0 radical (unpaired) electrons. The van der Waals surface area contributed by atoms with Crippen LogP contribution in [0.15, 0.2) is 36.4 Å². The summed E-state index contributed by atoms with van der Waals surface area (Å²) in [5.74, 6) is -0.0667. The van der Waals surface area contributed by atoms with Crippen molar-refractivity contribution in [1.29, 1.82) is 0 Å². The second kappa shape index (κ2) is 7.62. The minimum absolute atomic E-state index is 0.0667. The predicted octanol–water partition coefficient (Wildman–Crippen LogP) is 4.34. The van der Waals surface area contributed by atoms with Gasteiger partial charge in [0.15, 0.2) is 0 Å². The van der Waals surface area contributed by atoms with Crippen molar-refractivity contribution >= 4 is 23.2 Å². The number of hydrogen-bond acceptors (Lipinski definition) is 2. The molecule has 122 valence electrons. The molecular formula is C19H23ClN2O. The van der Waals surface area contributed by atoms with E-state index in [4.69, 9.17) is 11.6 Å². The van der Waals surface area contributed by atoms with Gasteiger partial charge in [0.25, 0.3) is 0 Å². The molecule has 1 N–H and O–H groups in total. The standard InChI is InChI=1S/C19H23ClN2O/c1-13-5-7-16(15(3)9-13)11-22(4)12-19(23)21-18-8-6-14(2)10-17(18)20/h5-10H,11-12H2,1-4H3,(H,21,23). The minimum Gasteiger partial charge on any atom is -0.324 e. The molecule has 0 bridgehead atoms. The van der Waals surface area contributed by atoms with Crippen molar-refractivity contribution in [2.24, 2.45) is 0 Å². The summed E-state index contributed by atoms with van der Waals surface area (Å²) in [6.45, 7) is 7.20. The average Bonchev–Trinajstić information content (AvgIpc) is 2.45. The van der Waals surface area contributed by atoms with Gasteiger partial charge in [-0.25, -0.2) is 0 Å². The van der Waals surface area contributed by atoms with Crippen molar-refractivity contribution in [2.45, 2.75) is 27.3 Å². The molecule has 0 aromatic heterocycles. The zero-order valence-electron chi connectivity index (χ0n) is 14.1. The van der Waals surface area contributed by atoms with E-state index in [2.05, 4.69) is 37.4 Å². The summed E-state index contributed by atoms with van der Waals surface area (Å²) in [4.78, 5) is 14.2. The fraction of sp³-hybridized carbons (Fsp3) is 0.316. The molecule has 0 fully saturated rings. The highest BCUT2D eigenvalue weighted by atomic mass is 35.5. The van der Waals surface area contributed by atoms with Crippen molar-refractivity contribution in [2.75, 3.05) is 18.9 Å². The Morgan fingerprint density at radius 1 is 1.09 bits per heavy atom. The van der Waals surface area contributed by atoms with Crippen molar-refractivity contribution in [3.05, 3.63) is 63.7 Å². The molecule has 2 rings (SSSR count). The van der Waals surface area contributed by atoms with Crippen LogP contribution in [-0.4, -0.2) is 24.4 Å². The highest BCUT2D eigenvalue weighted by Crippen LogP contribution is 2.22. The number of amides is 1. The molecule has 3 nitrogen and oxygen atoms in total. The Labute approximate surface area is 143 Å². The van der Waals surface area contributed by atoms with Gasteiger partial charge in [0.2, 0.25) is 5.91 Å². The first kappa shape index (κ1) is 17.5. The van der Waals surface area contributed by atoms with Gasteiger partial charge in [-0.2, -0.15) is 0 Å². The first-order chi connectivity index (χ1) is 10.8. The van der Waals surface area contributed by atoms with Crippen LogP contribution in [0.2, 0.25) is 5.02 Å². The lowest BCUT2D eigenvalue weighted by Gasteiger charge is -2.18. The summed E-state index contributed by atoms with van der Waals surface area (Å²) in [5, 5.41) is 3.43. The highest BCUT2D eigenvalue weighted by molar-refractivity contribution is 6.33. The fourth-order valence-electron chi connectivity index (χ4n) is 2.53. The molecule has 0 aliphatic carbocycles. The maximum atomic E-state index is 12.2. The molecule has 0 heterocycles. The largest absolute Gasteiger partial charge is 0.324 e. The normalized spacial score (nSPS) is 10.9. The first-order valence-corrected chi connectivity index (χ1v) is 8.03. The summed E-state index contributed by atoms with van der Waals surface area (Å²) in [7, 11) is 1.94. The molecule has 23 heavy (non-hydrogen) atoms. The summed E-state index contributed by atoms with van der Waals surface area (Å²) in [5.41, 5.74) is 5.46. The molecule has 2 aromatic carbocycles. The third kappa shape index (κ3) is 5.08. The molecule has 0 unspecified atom stereocenters. The molecule has 1 amide bonds. The van der Waals surface area contributed by atoms with Crippen molar-refractivity contribution in [1.82, 2.24) is 4.90 Å². The van der Waals surface area contributed by atoms with E-state index in [0.717, 1.165) is 12.1 Å². The van der Waals surface area contributed by atoms with Crippen LogP contribution in [0.3, 0.4) is 0 Å². The van der Waals surface area contributed by atoms with Crippen LogP contribution in [-0.2, 0) is 11.3 Å². The number of halogens is 1. The number of nitrogens with one attached hydrogen (secondary N) is 1.